The van der Waals surface area contributed by atoms with Gasteiger partial charge in [-0.05, 0) is 58.4 Å². The van der Waals surface area contributed by atoms with Crippen LogP contribution in [0.1, 0.15) is 75.4 Å². The highest BCUT2D eigenvalue weighted by atomic mass is 32.2. The van der Waals surface area contributed by atoms with Gasteiger partial charge in [-0.15, -0.1) is 10.2 Å². The van der Waals surface area contributed by atoms with Crippen molar-refractivity contribution in [1.29, 1.82) is 0 Å². The van der Waals surface area contributed by atoms with Crippen molar-refractivity contribution in [3.63, 3.8) is 0 Å². The summed E-state index contributed by atoms with van der Waals surface area (Å²) >= 11 is 0.807. The van der Waals surface area contributed by atoms with Crippen LogP contribution in [-0.2, 0) is 14.8 Å². The first kappa shape index (κ1) is 26.6. The molecule has 10 nitrogen and oxygen atoms in total. The normalized spacial score (nSPS) is 25.9. The summed E-state index contributed by atoms with van der Waals surface area (Å²) in [6.07, 6.45) is 2.76. The Morgan fingerprint density at radius 2 is 1.93 bits per heavy atom. The fraction of sp³-hybridized carbons (Fsp3) is 0.654. The molecular weight excluding hydrogens is 562 g/mol. The zero-order valence-corrected chi connectivity index (χ0v) is 23.9. The number of aromatic nitrogens is 4. The molecule has 2 atom stereocenters. The summed E-state index contributed by atoms with van der Waals surface area (Å²) in [5, 5.41) is 18.5. The average Bonchev–Trinajstić information content (AvgIpc) is 3.77. The number of ether oxygens (including phenoxy) is 1. The van der Waals surface area contributed by atoms with Crippen molar-refractivity contribution >= 4 is 32.7 Å². The number of imidazole rings is 1. The van der Waals surface area contributed by atoms with Crippen LogP contribution >= 0.6 is 11.3 Å². The Balaban J connectivity index is 1.36. The van der Waals surface area contributed by atoms with Crippen LogP contribution in [0.2, 0.25) is 0 Å². The van der Waals surface area contributed by atoms with Crippen LogP contribution in [0.4, 0.5) is 14.5 Å². The van der Waals surface area contributed by atoms with E-state index in [-0.39, 0.29) is 27.3 Å². The van der Waals surface area contributed by atoms with Gasteiger partial charge in [0.05, 0.1) is 30.2 Å². The Hall–Kier alpha value is -2.26. The fourth-order valence-electron chi connectivity index (χ4n) is 6.05. The number of halogens is 2. The summed E-state index contributed by atoms with van der Waals surface area (Å²) in [6.45, 7) is 5.44. The number of nitrogens with one attached hydrogen (secondary N) is 1. The minimum Gasteiger partial charge on any atom is -0.390 e. The maximum atomic E-state index is 13.6. The van der Waals surface area contributed by atoms with E-state index >= 15 is 0 Å². The highest BCUT2D eigenvalue weighted by Gasteiger charge is 2.49. The van der Waals surface area contributed by atoms with Gasteiger partial charge in [0.2, 0.25) is 10.0 Å². The van der Waals surface area contributed by atoms with Gasteiger partial charge in [0.1, 0.15) is 10.6 Å². The minimum absolute atomic E-state index is 0.0841. The lowest BCUT2D eigenvalue weighted by molar-refractivity contribution is 0.0250. The summed E-state index contributed by atoms with van der Waals surface area (Å²) in [5.74, 6) is 0.155. The van der Waals surface area contributed by atoms with Crippen molar-refractivity contribution in [2.24, 2.45) is 5.41 Å². The molecule has 7 rings (SSSR count). The van der Waals surface area contributed by atoms with Gasteiger partial charge in [-0.2, -0.15) is 0 Å². The molecule has 1 spiro atoms. The van der Waals surface area contributed by atoms with Crippen molar-refractivity contribution in [2.45, 2.75) is 87.4 Å². The summed E-state index contributed by atoms with van der Waals surface area (Å²) in [5.41, 5.74) is 1.69. The van der Waals surface area contributed by atoms with E-state index in [1.807, 2.05) is 13.8 Å². The third-order valence-corrected chi connectivity index (χ3v) is 11.5. The van der Waals surface area contributed by atoms with Gasteiger partial charge < -0.3 is 14.7 Å². The molecule has 0 aromatic carbocycles. The van der Waals surface area contributed by atoms with Crippen LogP contribution in [0.5, 0.6) is 0 Å². The molecule has 0 amide bonds. The van der Waals surface area contributed by atoms with Crippen LogP contribution in [0.15, 0.2) is 17.2 Å². The second-order valence-corrected chi connectivity index (χ2v) is 14.8. The molecule has 216 valence electrons. The number of rotatable bonds is 7. The first-order valence-corrected chi connectivity index (χ1v) is 16.1. The predicted octanol–water partition coefficient (Wildman–Crippen LogP) is 3.86. The van der Waals surface area contributed by atoms with Crippen LogP contribution in [0, 0.1) is 5.41 Å². The molecule has 2 aliphatic heterocycles. The lowest BCUT2D eigenvalue weighted by Gasteiger charge is -2.41. The van der Waals surface area contributed by atoms with E-state index in [4.69, 9.17) is 9.72 Å². The maximum absolute atomic E-state index is 13.6. The quantitative estimate of drug-likeness (QED) is 0.423. The third-order valence-electron chi connectivity index (χ3n) is 8.99. The first-order chi connectivity index (χ1) is 19.0. The van der Waals surface area contributed by atoms with Crippen molar-refractivity contribution < 1.29 is 27.0 Å². The maximum Gasteiger partial charge on any atom is 0.291 e. The molecule has 14 heteroatoms. The largest absolute Gasteiger partial charge is 0.390 e. The number of hydrogen-bond acceptors (Lipinski definition) is 9. The second kappa shape index (κ2) is 9.12. The number of fused-ring (bicyclic) bond motifs is 1. The average molecular weight is 595 g/mol. The topological polar surface area (TPSA) is 122 Å². The number of nitrogens with zero attached hydrogens (tertiary/aromatic N) is 5. The van der Waals surface area contributed by atoms with E-state index in [0.717, 1.165) is 42.7 Å². The Morgan fingerprint density at radius 1 is 1.20 bits per heavy atom. The van der Waals surface area contributed by atoms with Gasteiger partial charge in [0.15, 0.2) is 15.7 Å². The van der Waals surface area contributed by atoms with Crippen molar-refractivity contribution in [1.82, 2.24) is 24.3 Å². The zero-order valence-electron chi connectivity index (χ0n) is 22.3. The molecule has 1 unspecified atom stereocenters. The molecule has 40 heavy (non-hydrogen) atoms. The lowest BCUT2D eigenvalue weighted by atomic mass is 9.74. The van der Waals surface area contributed by atoms with E-state index < -0.39 is 28.1 Å². The van der Waals surface area contributed by atoms with E-state index in [2.05, 4.69) is 19.8 Å². The highest BCUT2D eigenvalue weighted by molar-refractivity contribution is 7.89. The highest BCUT2D eigenvalue weighted by Crippen LogP contribution is 2.48. The molecule has 5 heterocycles. The minimum atomic E-state index is -3.89. The van der Waals surface area contributed by atoms with Crippen molar-refractivity contribution in [3.8, 4) is 10.7 Å². The van der Waals surface area contributed by atoms with E-state index in [0.29, 0.717) is 54.6 Å². The van der Waals surface area contributed by atoms with Gasteiger partial charge in [0.25, 0.3) is 6.43 Å². The number of alkyl halides is 2. The Morgan fingerprint density at radius 3 is 2.50 bits per heavy atom. The van der Waals surface area contributed by atoms with Gasteiger partial charge >= 0.3 is 0 Å². The molecular formula is C26H32F2N6O4S2. The number of piperidine rings is 1. The standard InChI is InChI=1S/C26H32F2N6O4S2/c1-14-20(35)26(13-38-14)7-9-33(10-8-26)17-11-16(40(36,37)32-25(2)5-6-25)12-34-19(18(15-3-4-15)29-22(17)34)23-30-31-24(39-23)21(27)28/h11-12,14-15,20-21,32,35H,3-10,13H2,1-2H3/t14-,20?/m0/s1. The molecule has 3 aromatic rings. The fourth-order valence-corrected chi connectivity index (χ4v) is 8.28. The molecule has 4 fully saturated rings. The third kappa shape index (κ3) is 4.42. The van der Waals surface area contributed by atoms with Gasteiger partial charge in [-0.1, -0.05) is 11.3 Å². The number of aliphatic hydroxyl groups excluding tert-OH is 1. The summed E-state index contributed by atoms with van der Waals surface area (Å²) in [7, 11) is -3.89. The molecule has 3 aromatic heterocycles. The van der Waals surface area contributed by atoms with Crippen LogP contribution in [0.25, 0.3) is 16.3 Å². The van der Waals surface area contributed by atoms with Crippen molar-refractivity contribution in [2.75, 3.05) is 24.6 Å². The van der Waals surface area contributed by atoms with Crippen LogP contribution in [0.3, 0.4) is 0 Å². The SMILES string of the molecule is C[C@@H]1OCC2(CCN(c3cc(S(=O)(=O)NC4(C)CC4)cn4c(-c5nnc(C(F)F)s5)c(C5CC5)nc34)CC2)C1O. The molecule has 2 N–H and O–H groups in total. The van der Waals surface area contributed by atoms with E-state index in [9.17, 15) is 22.3 Å². The zero-order chi connectivity index (χ0) is 28.0. The molecule has 2 aliphatic carbocycles. The molecule has 0 bridgehead atoms. The Labute approximate surface area is 234 Å². The van der Waals surface area contributed by atoms with E-state index in [1.165, 1.54) is 6.20 Å². The number of anilines is 1. The molecule has 2 saturated carbocycles. The Bertz CT molecular complexity index is 1570. The number of pyridine rings is 1. The van der Waals surface area contributed by atoms with Crippen LogP contribution in [-0.4, -0.2) is 70.5 Å². The predicted molar refractivity (Wildman–Crippen MR) is 144 cm³/mol. The summed E-state index contributed by atoms with van der Waals surface area (Å²) in [4.78, 5) is 7.19. The lowest BCUT2D eigenvalue weighted by Crippen LogP contribution is -2.47. The summed E-state index contributed by atoms with van der Waals surface area (Å²) in [6, 6.07) is 1.67. The molecule has 4 aliphatic rings. The Kier molecular flexibility index (Phi) is 6.07. The smallest absolute Gasteiger partial charge is 0.291 e. The van der Waals surface area contributed by atoms with Gasteiger partial charge in [-0.25, -0.2) is 26.9 Å². The first-order valence-electron chi connectivity index (χ1n) is 13.8. The second-order valence-electron chi connectivity index (χ2n) is 12.1. The van der Waals surface area contributed by atoms with Gasteiger partial charge in [-0.3, -0.25) is 4.40 Å². The molecule has 2 saturated heterocycles. The van der Waals surface area contributed by atoms with Crippen LogP contribution < -0.4 is 9.62 Å². The number of hydrogen-bond donors (Lipinski definition) is 2. The van der Waals surface area contributed by atoms with E-state index in [1.54, 1.807) is 10.5 Å². The monoisotopic (exact) mass is 594 g/mol. The van der Waals surface area contributed by atoms with Gasteiger partial charge in [0, 0.05) is 36.2 Å². The number of aliphatic hydroxyl groups is 1. The van der Waals surface area contributed by atoms with Crippen molar-refractivity contribution in [3.05, 3.63) is 23.0 Å². The molecule has 0 radical (unpaired) electrons. The number of sulfonamides is 1. The summed E-state index contributed by atoms with van der Waals surface area (Å²) < 4.78 is 64.4.